The molecule has 0 fully saturated rings. The molecule has 0 unspecified atom stereocenters. The normalized spacial score (nSPS) is 10.3. The average Bonchev–Trinajstić information content (AvgIpc) is 2.21. The molecule has 88 valence electrons. The van der Waals surface area contributed by atoms with Crippen LogP contribution < -0.4 is 10.1 Å². The smallest absolute Gasteiger partial charge is 0.239 e. The Morgan fingerprint density at radius 2 is 2.25 bits per heavy atom. The Hall–Kier alpha value is -0.740. The van der Waals surface area contributed by atoms with Gasteiger partial charge in [0, 0.05) is 4.47 Å². The second kappa shape index (κ2) is 6.11. The third-order valence-corrected chi connectivity index (χ3v) is 2.44. The molecule has 1 amide bonds. The molecule has 1 rings (SSSR count). The maximum absolute atomic E-state index is 11.2. The van der Waals surface area contributed by atoms with Crippen LogP contribution in [0.5, 0.6) is 5.75 Å². The molecule has 0 atom stereocenters. The van der Waals surface area contributed by atoms with Crippen LogP contribution in [0.4, 0.5) is 5.69 Å². The van der Waals surface area contributed by atoms with Crippen LogP contribution in [0.15, 0.2) is 22.7 Å². The van der Waals surface area contributed by atoms with Gasteiger partial charge in [-0.15, -0.1) is 11.6 Å². The molecule has 3 nitrogen and oxygen atoms in total. The Bertz CT molecular complexity index is 382. The number of alkyl halides is 1. The van der Waals surface area contributed by atoms with E-state index in [-0.39, 0.29) is 17.9 Å². The van der Waals surface area contributed by atoms with Crippen molar-refractivity contribution in [2.24, 2.45) is 0 Å². The molecule has 1 aromatic carbocycles. The zero-order valence-electron chi connectivity index (χ0n) is 9.09. The molecule has 0 radical (unpaired) electrons. The van der Waals surface area contributed by atoms with Crippen molar-refractivity contribution in [3.63, 3.8) is 0 Å². The van der Waals surface area contributed by atoms with Crippen LogP contribution in [0.3, 0.4) is 0 Å². The number of carbonyl (C=O) groups is 1. The quantitative estimate of drug-likeness (QED) is 0.866. The summed E-state index contributed by atoms with van der Waals surface area (Å²) in [4.78, 5) is 11.2. The van der Waals surface area contributed by atoms with Gasteiger partial charge in [-0.25, -0.2) is 0 Å². The van der Waals surface area contributed by atoms with E-state index in [0.29, 0.717) is 11.4 Å². The predicted octanol–water partition coefficient (Wildman–Crippen LogP) is 3.41. The third kappa shape index (κ3) is 4.02. The molecule has 0 aliphatic rings. The fraction of sp³-hybridized carbons (Fsp3) is 0.364. The number of hydrogen-bond acceptors (Lipinski definition) is 2. The highest BCUT2D eigenvalue weighted by atomic mass is 79.9. The number of nitrogens with one attached hydrogen (secondary N) is 1. The molecule has 0 spiro atoms. The number of hydrogen-bond donors (Lipinski definition) is 1. The van der Waals surface area contributed by atoms with Gasteiger partial charge < -0.3 is 10.1 Å². The van der Waals surface area contributed by atoms with Gasteiger partial charge in [-0.3, -0.25) is 4.79 Å². The van der Waals surface area contributed by atoms with E-state index in [1.165, 1.54) is 0 Å². The summed E-state index contributed by atoms with van der Waals surface area (Å²) in [6.45, 7) is 3.85. The van der Waals surface area contributed by atoms with E-state index in [1.807, 2.05) is 19.9 Å². The van der Waals surface area contributed by atoms with Gasteiger partial charge in [-0.05, 0) is 32.0 Å². The van der Waals surface area contributed by atoms with Gasteiger partial charge in [0.05, 0.1) is 11.8 Å². The molecule has 0 aromatic heterocycles. The Balaban J connectivity index is 2.93. The summed E-state index contributed by atoms with van der Waals surface area (Å²) in [5, 5.41) is 2.68. The summed E-state index contributed by atoms with van der Waals surface area (Å²) in [5.74, 6) is 0.304. The number of halogens is 2. The largest absolute Gasteiger partial charge is 0.489 e. The molecule has 5 heteroatoms. The average molecular weight is 307 g/mol. The summed E-state index contributed by atoms with van der Waals surface area (Å²) in [7, 11) is 0. The molecular weight excluding hydrogens is 293 g/mol. The minimum atomic E-state index is -0.256. The zero-order valence-corrected chi connectivity index (χ0v) is 11.4. The first-order valence-corrected chi connectivity index (χ1v) is 6.17. The lowest BCUT2D eigenvalue weighted by molar-refractivity contribution is -0.113. The summed E-state index contributed by atoms with van der Waals surface area (Å²) in [6, 6.07) is 5.43. The Labute approximate surface area is 108 Å². The van der Waals surface area contributed by atoms with Crippen molar-refractivity contribution in [3.05, 3.63) is 22.7 Å². The maximum Gasteiger partial charge on any atom is 0.239 e. The van der Waals surface area contributed by atoms with Crippen LogP contribution in [0.1, 0.15) is 13.8 Å². The van der Waals surface area contributed by atoms with Crippen LogP contribution in [0.2, 0.25) is 0 Å². The number of ether oxygens (including phenoxy) is 1. The maximum atomic E-state index is 11.2. The van der Waals surface area contributed by atoms with E-state index >= 15 is 0 Å². The number of rotatable bonds is 4. The van der Waals surface area contributed by atoms with Crippen molar-refractivity contribution in [1.82, 2.24) is 0 Å². The highest BCUT2D eigenvalue weighted by Gasteiger charge is 2.09. The molecular formula is C11H13BrClNO2. The van der Waals surface area contributed by atoms with Crippen LogP contribution in [-0.2, 0) is 4.79 Å². The van der Waals surface area contributed by atoms with E-state index in [0.717, 1.165) is 4.47 Å². The van der Waals surface area contributed by atoms with Gasteiger partial charge >= 0.3 is 0 Å². The van der Waals surface area contributed by atoms with Crippen molar-refractivity contribution in [1.29, 1.82) is 0 Å². The molecule has 0 aliphatic carbocycles. The zero-order chi connectivity index (χ0) is 12.1. The molecule has 0 aliphatic heterocycles. The van der Waals surface area contributed by atoms with Crippen LogP contribution in [0, 0.1) is 0 Å². The summed E-state index contributed by atoms with van der Waals surface area (Å²) in [6.07, 6.45) is 0.0489. The Morgan fingerprint density at radius 1 is 1.56 bits per heavy atom. The molecule has 0 bridgehead atoms. The molecule has 0 heterocycles. The fourth-order valence-corrected chi connectivity index (χ4v) is 1.57. The Morgan fingerprint density at radius 3 is 2.81 bits per heavy atom. The van der Waals surface area contributed by atoms with Gasteiger partial charge in [0.1, 0.15) is 11.6 Å². The van der Waals surface area contributed by atoms with E-state index in [1.54, 1.807) is 12.1 Å². The monoisotopic (exact) mass is 305 g/mol. The van der Waals surface area contributed by atoms with Gasteiger partial charge in [-0.1, -0.05) is 15.9 Å². The minimum Gasteiger partial charge on any atom is -0.489 e. The van der Waals surface area contributed by atoms with Gasteiger partial charge in [0.15, 0.2) is 0 Å². The molecule has 0 saturated carbocycles. The van der Waals surface area contributed by atoms with Crippen LogP contribution >= 0.6 is 27.5 Å². The number of carbonyl (C=O) groups excluding carboxylic acids is 1. The van der Waals surface area contributed by atoms with Gasteiger partial charge in [0.25, 0.3) is 0 Å². The molecule has 1 aromatic rings. The second-order valence-corrected chi connectivity index (χ2v) is 4.67. The van der Waals surface area contributed by atoms with Crippen LogP contribution in [-0.4, -0.2) is 17.9 Å². The standard InChI is InChI=1S/C11H13BrClNO2/c1-7(2)16-10-4-3-8(12)5-9(10)14-11(15)6-13/h3-5,7H,6H2,1-2H3,(H,14,15). The SMILES string of the molecule is CC(C)Oc1ccc(Br)cc1NC(=O)CCl. The third-order valence-electron chi connectivity index (χ3n) is 1.70. The second-order valence-electron chi connectivity index (χ2n) is 3.49. The van der Waals surface area contributed by atoms with E-state index in [2.05, 4.69) is 21.2 Å². The van der Waals surface area contributed by atoms with Crippen molar-refractivity contribution in [2.45, 2.75) is 20.0 Å². The molecule has 0 saturated heterocycles. The molecule has 1 N–H and O–H groups in total. The van der Waals surface area contributed by atoms with Crippen molar-refractivity contribution < 1.29 is 9.53 Å². The van der Waals surface area contributed by atoms with Gasteiger partial charge in [0.2, 0.25) is 5.91 Å². The first kappa shape index (κ1) is 13.3. The lowest BCUT2D eigenvalue weighted by Crippen LogP contribution is -2.15. The summed E-state index contributed by atoms with van der Waals surface area (Å²) < 4.78 is 6.44. The first-order chi connectivity index (χ1) is 7.52. The Kier molecular flexibility index (Phi) is 5.09. The van der Waals surface area contributed by atoms with E-state index in [4.69, 9.17) is 16.3 Å². The van der Waals surface area contributed by atoms with Crippen molar-refractivity contribution in [3.8, 4) is 5.75 Å². The number of anilines is 1. The number of benzene rings is 1. The summed E-state index contributed by atoms with van der Waals surface area (Å²) in [5.41, 5.74) is 0.619. The van der Waals surface area contributed by atoms with E-state index < -0.39 is 0 Å². The van der Waals surface area contributed by atoms with Crippen LogP contribution in [0.25, 0.3) is 0 Å². The number of amides is 1. The lowest BCUT2D eigenvalue weighted by Gasteiger charge is -2.14. The van der Waals surface area contributed by atoms with E-state index in [9.17, 15) is 4.79 Å². The van der Waals surface area contributed by atoms with Crippen molar-refractivity contribution in [2.75, 3.05) is 11.2 Å². The first-order valence-electron chi connectivity index (χ1n) is 4.85. The minimum absolute atomic E-state index is 0.0489. The lowest BCUT2D eigenvalue weighted by atomic mass is 10.3. The predicted molar refractivity (Wildman–Crippen MR) is 69.3 cm³/mol. The highest BCUT2D eigenvalue weighted by molar-refractivity contribution is 9.10. The highest BCUT2D eigenvalue weighted by Crippen LogP contribution is 2.29. The topological polar surface area (TPSA) is 38.3 Å². The van der Waals surface area contributed by atoms with Crippen molar-refractivity contribution >= 4 is 39.1 Å². The van der Waals surface area contributed by atoms with Gasteiger partial charge in [-0.2, -0.15) is 0 Å². The fourth-order valence-electron chi connectivity index (χ4n) is 1.14. The molecule has 16 heavy (non-hydrogen) atoms. The summed E-state index contributed by atoms with van der Waals surface area (Å²) >= 11 is 8.77.